The van der Waals surface area contributed by atoms with Crippen LogP contribution in [-0.4, -0.2) is 49.5 Å². The van der Waals surface area contributed by atoms with Gasteiger partial charge in [0.15, 0.2) is 0 Å². The number of nitrogens with zero attached hydrogens (tertiary/aromatic N) is 5. The number of imidazole rings is 1. The van der Waals surface area contributed by atoms with Gasteiger partial charge in [-0.3, -0.25) is 4.79 Å². The Bertz CT molecular complexity index is 865. The van der Waals surface area contributed by atoms with Crippen molar-refractivity contribution in [3.05, 3.63) is 72.6 Å². The molecular weight excluding hydrogens is 342 g/mol. The van der Waals surface area contributed by atoms with Crippen molar-refractivity contribution in [3.8, 4) is 6.01 Å². The third-order valence-electron chi connectivity index (χ3n) is 4.60. The molecule has 0 aliphatic carbocycles. The van der Waals surface area contributed by atoms with Gasteiger partial charge < -0.3 is 14.2 Å². The summed E-state index contributed by atoms with van der Waals surface area (Å²) in [7, 11) is 0. The topological polar surface area (TPSA) is 73.1 Å². The molecule has 1 fully saturated rings. The number of hydrogen-bond donors (Lipinski definition) is 0. The Kier molecular flexibility index (Phi) is 5.09. The zero-order valence-electron chi connectivity index (χ0n) is 14.9. The fourth-order valence-corrected chi connectivity index (χ4v) is 3.24. The van der Waals surface area contributed by atoms with Gasteiger partial charge in [-0.25, -0.2) is 15.0 Å². The van der Waals surface area contributed by atoms with Gasteiger partial charge in [0.2, 0.25) is 0 Å². The van der Waals surface area contributed by atoms with Crippen LogP contribution in [0.3, 0.4) is 0 Å². The fraction of sp³-hybridized carbons (Fsp3) is 0.300. The molecule has 7 heteroatoms. The van der Waals surface area contributed by atoms with Crippen molar-refractivity contribution in [3.63, 3.8) is 0 Å². The molecule has 27 heavy (non-hydrogen) atoms. The monoisotopic (exact) mass is 363 g/mol. The van der Waals surface area contributed by atoms with Gasteiger partial charge >= 0.3 is 6.01 Å². The zero-order chi connectivity index (χ0) is 18.5. The number of ether oxygens (including phenoxy) is 1. The van der Waals surface area contributed by atoms with Gasteiger partial charge in [0.25, 0.3) is 5.91 Å². The van der Waals surface area contributed by atoms with E-state index < -0.39 is 0 Å². The summed E-state index contributed by atoms with van der Waals surface area (Å²) in [5, 5.41) is 0. The van der Waals surface area contributed by atoms with E-state index in [-0.39, 0.29) is 12.0 Å². The highest BCUT2D eigenvalue weighted by Gasteiger charge is 2.26. The highest BCUT2D eigenvalue weighted by Crippen LogP contribution is 2.18. The molecule has 1 aliphatic rings. The number of piperidine rings is 1. The van der Waals surface area contributed by atoms with Gasteiger partial charge in [0.1, 0.15) is 6.10 Å². The fourth-order valence-electron chi connectivity index (χ4n) is 3.24. The summed E-state index contributed by atoms with van der Waals surface area (Å²) < 4.78 is 7.82. The molecule has 2 aromatic heterocycles. The number of carbonyl (C=O) groups is 1. The van der Waals surface area contributed by atoms with E-state index in [4.69, 9.17) is 4.74 Å². The predicted molar refractivity (Wildman–Crippen MR) is 99.4 cm³/mol. The Balaban J connectivity index is 1.38. The lowest BCUT2D eigenvalue weighted by atomic mass is 10.1. The third-order valence-corrected chi connectivity index (χ3v) is 4.60. The first-order chi connectivity index (χ1) is 13.3. The van der Waals surface area contributed by atoms with Crippen molar-refractivity contribution in [1.29, 1.82) is 0 Å². The molecule has 1 aromatic carbocycles. The maximum Gasteiger partial charge on any atom is 0.316 e. The summed E-state index contributed by atoms with van der Waals surface area (Å²) in [4.78, 5) is 26.9. The normalized spacial score (nSPS) is 16.9. The molecule has 138 valence electrons. The first kappa shape index (κ1) is 17.2. The average Bonchev–Trinajstić information content (AvgIpc) is 3.22. The van der Waals surface area contributed by atoms with E-state index in [0.717, 1.165) is 31.5 Å². The van der Waals surface area contributed by atoms with Gasteiger partial charge in [0.05, 0.1) is 12.9 Å². The first-order valence-corrected chi connectivity index (χ1v) is 9.05. The lowest BCUT2D eigenvalue weighted by Gasteiger charge is -2.32. The summed E-state index contributed by atoms with van der Waals surface area (Å²) in [5.74, 6) is 0.0338. The molecule has 7 nitrogen and oxygen atoms in total. The molecule has 0 bridgehead atoms. The number of benzene rings is 1. The van der Waals surface area contributed by atoms with E-state index in [9.17, 15) is 4.79 Å². The second kappa shape index (κ2) is 7.99. The molecule has 0 unspecified atom stereocenters. The number of aromatic nitrogens is 4. The Labute approximate surface area is 157 Å². The minimum Gasteiger partial charge on any atom is -0.458 e. The van der Waals surface area contributed by atoms with Crippen LogP contribution >= 0.6 is 0 Å². The minimum atomic E-state index is -0.0781. The maximum absolute atomic E-state index is 12.8. The van der Waals surface area contributed by atoms with Crippen molar-refractivity contribution < 1.29 is 9.53 Å². The molecule has 0 spiro atoms. The van der Waals surface area contributed by atoms with Gasteiger partial charge in [-0.05, 0) is 36.6 Å². The number of hydrogen-bond acceptors (Lipinski definition) is 5. The zero-order valence-corrected chi connectivity index (χ0v) is 14.9. The summed E-state index contributed by atoms with van der Waals surface area (Å²) in [6.45, 7) is 2.03. The van der Waals surface area contributed by atoms with Crippen molar-refractivity contribution in [2.24, 2.45) is 0 Å². The summed E-state index contributed by atoms with van der Waals surface area (Å²) in [6.07, 6.45) is 10.5. The Morgan fingerprint density at radius 3 is 2.70 bits per heavy atom. The van der Waals surface area contributed by atoms with Gasteiger partial charge in [-0.1, -0.05) is 12.1 Å². The minimum absolute atomic E-state index is 0.0338. The first-order valence-electron chi connectivity index (χ1n) is 9.05. The summed E-state index contributed by atoms with van der Waals surface area (Å²) in [6, 6.07) is 9.87. The highest BCUT2D eigenvalue weighted by atomic mass is 16.5. The third kappa shape index (κ3) is 4.31. The molecule has 1 amide bonds. The molecule has 0 radical (unpaired) electrons. The lowest BCUT2D eigenvalue weighted by molar-refractivity contribution is 0.0516. The standard InChI is InChI=1S/C20H21N5O2/c26-19(17-6-4-16(5-7-17)13-24-12-10-21-15-24)25-11-1-3-18(14-25)27-20-22-8-2-9-23-20/h2,4-10,12,15,18H,1,3,11,13-14H2/t18-/m1/s1. The van der Waals surface area contributed by atoms with Crippen LogP contribution < -0.4 is 4.74 Å². The maximum atomic E-state index is 12.8. The lowest BCUT2D eigenvalue weighted by Crippen LogP contribution is -2.44. The number of rotatable bonds is 5. The van der Waals surface area contributed by atoms with E-state index in [0.29, 0.717) is 18.1 Å². The van der Waals surface area contributed by atoms with E-state index in [1.165, 1.54) is 0 Å². The number of carbonyl (C=O) groups excluding carboxylic acids is 1. The molecule has 4 rings (SSSR count). The second-order valence-electron chi connectivity index (χ2n) is 6.60. The van der Waals surface area contributed by atoms with Crippen LogP contribution in [0.1, 0.15) is 28.8 Å². The van der Waals surface area contributed by atoms with Gasteiger partial charge in [-0.2, -0.15) is 0 Å². The van der Waals surface area contributed by atoms with E-state index >= 15 is 0 Å². The molecule has 1 atom stereocenters. The average molecular weight is 363 g/mol. The van der Waals surface area contributed by atoms with Crippen LogP contribution in [0.2, 0.25) is 0 Å². The van der Waals surface area contributed by atoms with Crippen LogP contribution in [-0.2, 0) is 6.54 Å². The van der Waals surface area contributed by atoms with Crippen molar-refractivity contribution in [2.75, 3.05) is 13.1 Å². The van der Waals surface area contributed by atoms with Crippen LogP contribution in [0.5, 0.6) is 6.01 Å². The molecule has 3 heterocycles. The van der Waals surface area contributed by atoms with E-state index in [1.807, 2.05) is 39.9 Å². The summed E-state index contributed by atoms with van der Waals surface area (Å²) in [5.41, 5.74) is 1.83. The van der Waals surface area contributed by atoms with Crippen LogP contribution in [0.15, 0.2) is 61.4 Å². The van der Waals surface area contributed by atoms with Crippen LogP contribution in [0, 0.1) is 0 Å². The molecule has 0 N–H and O–H groups in total. The van der Waals surface area contributed by atoms with Crippen molar-refractivity contribution in [1.82, 2.24) is 24.4 Å². The van der Waals surface area contributed by atoms with Crippen LogP contribution in [0.25, 0.3) is 0 Å². The Morgan fingerprint density at radius 2 is 1.96 bits per heavy atom. The Hall–Kier alpha value is -3.22. The molecule has 3 aromatic rings. The largest absolute Gasteiger partial charge is 0.458 e. The second-order valence-corrected chi connectivity index (χ2v) is 6.60. The van der Waals surface area contributed by atoms with Crippen LogP contribution in [0.4, 0.5) is 0 Å². The number of amides is 1. The molecule has 1 aliphatic heterocycles. The Morgan fingerprint density at radius 1 is 1.15 bits per heavy atom. The van der Waals surface area contributed by atoms with Gasteiger partial charge in [-0.15, -0.1) is 0 Å². The SMILES string of the molecule is O=C(c1ccc(Cn2ccnc2)cc1)N1CCC[C@@H](Oc2ncccn2)C1. The smallest absolute Gasteiger partial charge is 0.316 e. The number of likely N-dealkylation sites (tertiary alicyclic amines) is 1. The summed E-state index contributed by atoms with van der Waals surface area (Å²) >= 11 is 0. The molecule has 0 saturated carbocycles. The predicted octanol–water partition coefficient (Wildman–Crippen LogP) is 2.41. The quantitative estimate of drug-likeness (QED) is 0.696. The van der Waals surface area contributed by atoms with E-state index in [1.54, 1.807) is 31.0 Å². The molecule has 1 saturated heterocycles. The van der Waals surface area contributed by atoms with Crippen molar-refractivity contribution in [2.45, 2.75) is 25.5 Å². The molecular formula is C20H21N5O2. The van der Waals surface area contributed by atoms with Gasteiger partial charge in [0, 0.05) is 43.4 Å². The highest BCUT2D eigenvalue weighted by molar-refractivity contribution is 5.94. The van der Waals surface area contributed by atoms with E-state index in [2.05, 4.69) is 15.0 Å². The van der Waals surface area contributed by atoms with Crippen molar-refractivity contribution >= 4 is 5.91 Å².